The zero-order chi connectivity index (χ0) is 10.2. The van der Waals surface area contributed by atoms with Crippen molar-refractivity contribution in [2.45, 2.75) is 20.8 Å². The van der Waals surface area contributed by atoms with Gasteiger partial charge in [0, 0.05) is 0 Å². The van der Waals surface area contributed by atoms with Crippen molar-refractivity contribution in [3.8, 4) is 0 Å². The highest BCUT2D eigenvalue weighted by molar-refractivity contribution is 7.69. The minimum Gasteiger partial charge on any atom is -0.121 e. The number of hydrogen-bond donors (Lipinski definition) is 0. The second-order valence-corrected chi connectivity index (χ2v) is 11.6. The molecule has 0 spiro atoms. The number of rotatable bonds is 1. The Morgan fingerprint density at radius 2 is 1.46 bits per heavy atom. The van der Waals surface area contributed by atoms with E-state index in [9.17, 15) is 0 Å². The predicted molar refractivity (Wildman–Crippen MR) is 63.6 cm³/mol. The van der Waals surface area contributed by atoms with Crippen molar-refractivity contribution < 1.29 is 0 Å². The van der Waals surface area contributed by atoms with Crippen LogP contribution in [0.15, 0.2) is 12.1 Å². The molecular formula is C9H11Cl3Si. The van der Waals surface area contributed by atoms with Gasteiger partial charge >= 0.3 is 6.00 Å². The average Bonchev–Trinajstić information content (AvgIpc) is 1.98. The Morgan fingerprint density at radius 1 is 0.923 bits per heavy atom. The zero-order valence-corrected chi connectivity index (χ0v) is 11.1. The number of benzene rings is 1. The Bertz CT molecular complexity index is 328. The summed E-state index contributed by atoms with van der Waals surface area (Å²) in [6.07, 6.45) is 0. The van der Waals surface area contributed by atoms with E-state index in [1.807, 2.05) is 19.1 Å². The summed E-state index contributed by atoms with van der Waals surface area (Å²) in [6.45, 7) is 6.12. The molecule has 1 aromatic rings. The molecule has 0 unspecified atom stereocenters. The van der Waals surface area contributed by atoms with Crippen LogP contribution in [0.5, 0.6) is 0 Å². The summed E-state index contributed by atoms with van der Waals surface area (Å²) >= 11 is 17.9. The third-order valence-electron chi connectivity index (χ3n) is 2.36. The molecule has 72 valence electrons. The highest BCUT2D eigenvalue weighted by Crippen LogP contribution is 2.23. The minimum absolute atomic E-state index is 0.903. The van der Waals surface area contributed by atoms with E-state index >= 15 is 0 Å². The van der Waals surface area contributed by atoms with Crippen LogP contribution in [0.1, 0.15) is 16.7 Å². The van der Waals surface area contributed by atoms with E-state index in [2.05, 4.69) is 13.8 Å². The number of halogens is 3. The van der Waals surface area contributed by atoms with Crippen LogP contribution in [-0.2, 0) is 0 Å². The third kappa shape index (κ3) is 2.41. The van der Waals surface area contributed by atoms with Gasteiger partial charge in [0.25, 0.3) is 0 Å². The lowest BCUT2D eigenvalue weighted by Crippen LogP contribution is -2.33. The second-order valence-electron chi connectivity index (χ2n) is 3.18. The molecule has 0 bridgehead atoms. The highest BCUT2D eigenvalue weighted by Gasteiger charge is 2.30. The van der Waals surface area contributed by atoms with Gasteiger partial charge in [-0.15, -0.1) is 33.2 Å². The lowest BCUT2D eigenvalue weighted by atomic mass is 10.1. The van der Waals surface area contributed by atoms with Gasteiger partial charge in [-0.05, 0) is 42.6 Å². The van der Waals surface area contributed by atoms with Gasteiger partial charge in [0.1, 0.15) is 0 Å². The van der Waals surface area contributed by atoms with Crippen LogP contribution in [0.3, 0.4) is 0 Å². The molecule has 0 aromatic heterocycles. The van der Waals surface area contributed by atoms with Crippen LogP contribution in [0.25, 0.3) is 0 Å². The van der Waals surface area contributed by atoms with Crippen molar-refractivity contribution in [3.63, 3.8) is 0 Å². The third-order valence-corrected chi connectivity index (χ3v) is 5.35. The monoisotopic (exact) mass is 252 g/mol. The maximum Gasteiger partial charge on any atom is 0.373 e. The zero-order valence-electron chi connectivity index (χ0n) is 7.79. The number of hydrogen-bond acceptors (Lipinski definition) is 0. The van der Waals surface area contributed by atoms with Crippen LogP contribution in [-0.4, -0.2) is 6.00 Å². The molecule has 0 heterocycles. The van der Waals surface area contributed by atoms with E-state index in [0.29, 0.717) is 0 Å². The van der Waals surface area contributed by atoms with Crippen molar-refractivity contribution in [1.29, 1.82) is 0 Å². The predicted octanol–water partition coefficient (Wildman–Crippen LogP) is 3.47. The van der Waals surface area contributed by atoms with Crippen molar-refractivity contribution in [2.24, 2.45) is 0 Å². The van der Waals surface area contributed by atoms with Gasteiger partial charge < -0.3 is 0 Å². The molecule has 1 rings (SSSR count). The van der Waals surface area contributed by atoms with E-state index in [4.69, 9.17) is 33.2 Å². The quantitative estimate of drug-likeness (QED) is 0.531. The molecule has 0 N–H and O–H groups in total. The van der Waals surface area contributed by atoms with E-state index in [1.54, 1.807) is 0 Å². The summed E-state index contributed by atoms with van der Waals surface area (Å²) in [5.41, 5.74) is 3.58. The molecule has 0 aliphatic rings. The van der Waals surface area contributed by atoms with Crippen LogP contribution in [0.4, 0.5) is 0 Å². The SMILES string of the molecule is Cc1ccc([Si](Cl)(Cl)Cl)c(C)c1C. The maximum absolute atomic E-state index is 5.96. The summed E-state index contributed by atoms with van der Waals surface area (Å²) < 4.78 is 0. The Morgan fingerprint density at radius 3 is 1.92 bits per heavy atom. The lowest BCUT2D eigenvalue weighted by molar-refractivity contribution is 1.28. The molecule has 13 heavy (non-hydrogen) atoms. The molecule has 0 fully saturated rings. The van der Waals surface area contributed by atoms with Crippen molar-refractivity contribution in [3.05, 3.63) is 28.8 Å². The summed E-state index contributed by atoms with van der Waals surface area (Å²) in [6, 6.07) is 1.22. The summed E-state index contributed by atoms with van der Waals surface area (Å²) in [7, 11) is 0. The normalized spacial score (nSPS) is 11.8. The molecule has 0 radical (unpaired) electrons. The van der Waals surface area contributed by atoms with E-state index < -0.39 is 6.00 Å². The van der Waals surface area contributed by atoms with Gasteiger partial charge in [-0.1, -0.05) is 12.1 Å². The Balaban J connectivity index is 3.35. The van der Waals surface area contributed by atoms with Crippen molar-refractivity contribution in [2.75, 3.05) is 0 Å². The van der Waals surface area contributed by atoms with Gasteiger partial charge in [-0.25, -0.2) is 0 Å². The Kier molecular flexibility index (Phi) is 3.34. The molecule has 0 saturated heterocycles. The van der Waals surface area contributed by atoms with Gasteiger partial charge in [-0.2, -0.15) is 0 Å². The summed E-state index contributed by atoms with van der Waals surface area (Å²) in [4.78, 5) is 0. The largest absolute Gasteiger partial charge is 0.373 e. The molecular weight excluding hydrogens is 243 g/mol. The molecule has 0 saturated carbocycles. The fraction of sp³-hybridized carbons (Fsp3) is 0.333. The minimum atomic E-state index is -2.72. The van der Waals surface area contributed by atoms with Gasteiger partial charge in [0.2, 0.25) is 0 Å². The van der Waals surface area contributed by atoms with Crippen LogP contribution < -0.4 is 5.19 Å². The maximum atomic E-state index is 5.96. The smallest absolute Gasteiger partial charge is 0.121 e. The van der Waals surface area contributed by atoms with E-state index in [0.717, 1.165) is 10.8 Å². The summed E-state index contributed by atoms with van der Waals surface area (Å²) in [5.74, 6) is 0. The molecule has 1 aromatic carbocycles. The first kappa shape index (κ1) is 11.4. The molecule has 0 aliphatic heterocycles. The molecule has 0 nitrogen and oxygen atoms in total. The molecule has 0 atom stereocenters. The van der Waals surface area contributed by atoms with Gasteiger partial charge in [0.05, 0.1) is 0 Å². The fourth-order valence-corrected chi connectivity index (χ4v) is 3.99. The van der Waals surface area contributed by atoms with E-state index in [1.165, 1.54) is 11.1 Å². The first-order chi connectivity index (χ1) is 5.84. The lowest BCUT2D eigenvalue weighted by Gasteiger charge is -2.15. The highest BCUT2D eigenvalue weighted by atomic mass is 35.8. The van der Waals surface area contributed by atoms with Crippen molar-refractivity contribution >= 4 is 44.4 Å². The first-order valence-corrected chi connectivity index (χ1v) is 9.01. The van der Waals surface area contributed by atoms with Crippen LogP contribution >= 0.6 is 33.2 Å². The first-order valence-electron chi connectivity index (χ1n) is 3.98. The van der Waals surface area contributed by atoms with Crippen LogP contribution in [0.2, 0.25) is 0 Å². The Labute approximate surface area is 93.9 Å². The van der Waals surface area contributed by atoms with E-state index in [-0.39, 0.29) is 0 Å². The second kappa shape index (κ2) is 3.82. The van der Waals surface area contributed by atoms with Crippen LogP contribution in [0, 0.1) is 20.8 Å². The number of aryl methyl sites for hydroxylation is 1. The average molecular weight is 254 g/mol. The Hall–Kier alpha value is 0.307. The topological polar surface area (TPSA) is 0 Å². The molecule has 0 aliphatic carbocycles. The molecule has 4 heteroatoms. The summed E-state index contributed by atoms with van der Waals surface area (Å²) in [5, 5.41) is 0.903. The fourth-order valence-electron chi connectivity index (χ4n) is 1.26. The standard InChI is InChI=1S/C9H11Cl3Si/c1-6-4-5-9(13(10,11)12)8(3)7(6)2/h4-5H,1-3H3. The van der Waals surface area contributed by atoms with Gasteiger partial charge in [0.15, 0.2) is 0 Å². The van der Waals surface area contributed by atoms with Gasteiger partial charge in [-0.3, -0.25) is 0 Å². The van der Waals surface area contributed by atoms with Crippen molar-refractivity contribution in [1.82, 2.24) is 0 Å². The molecule has 0 amide bonds.